The van der Waals surface area contributed by atoms with Crippen LogP contribution in [0.1, 0.15) is 36.9 Å². The number of aryl methyl sites for hydroxylation is 1. The van der Waals surface area contributed by atoms with Crippen molar-refractivity contribution in [2.45, 2.75) is 33.1 Å². The maximum Gasteiger partial charge on any atom is 0.407 e. The Morgan fingerprint density at radius 1 is 1.16 bits per heavy atom. The zero-order valence-corrected chi connectivity index (χ0v) is 20.2. The summed E-state index contributed by atoms with van der Waals surface area (Å²) in [7, 11) is 0. The van der Waals surface area contributed by atoms with Gasteiger partial charge in [-0.25, -0.2) is 9.97 Å². The number of nitrogens with one attached hydrogen (secondary N) is 3. The van der Waals surface area contributed by atoms with E-state index in [0.717, 1.165) is 11.4 Å². The molecule has 4 N–H and O–H groups in total. The molecule has 0 saturated heterocycles. The highest BCUT2D eigenvalue weighted by molar-refractivity contribution is 6.46. The van der Waals surface area contributed by atoms with E-state index in [1.54, 1.807) is 23.0 Å². The minimum absolute atomic E-state index is 0.0905. The Morgan fingerprint density at radius 2 is 1.95 bits per heavy atom. The fraction of sp³-hybridized carbons (Fsp3) is 0.250. The molecule has 1 aromatic carbocycles. The summed E-state index contributed by atoms with van der Waals surface area (Å²) >= 11 is 0. The molecular weight excluding hydrogens is 487 g/mol. The third-order valence-corrected chi connectivity index (χ3v) is 5.28. The number of hydrazone groups is 1. The topological polar surface area (TPSA) is 137 Å². The number of rotatable bonds is 8. The van der Waals surface area contributed by atoms with Gasteiger partial charge in [0, 0.05) is 11.3 Å². The highest BCUT2D eigenvalue weighted by atomic mass is 19.4. The lowest BCUT2D eigenvalue weighted by atomic mass is 10.0. The number of aliphatic hydroxyl groups is 1. The first-order valence-corrected chi connectivity index (χ1v) is 11.2. The lowest BCUT2D eigenvalue weighted by Gasteiger charge is -2.15. The van der Waals surface area contributed by atoms with Crippen LogP contribution in [0.2, 0.25) is 0 Å². The molecule has 4 aromatic rings. The molecule has 0 amide bonds. The minimum Gasteiger partial charge on any atom is -0.389 e. The molecule has 0 aliphatic carbocycles. The van der Waals surface area contributed by atoms with E-state index in [1.807, 2.05) is 42.7 Å². The zero-order chi connectivity index (χ0) is 26.7. The summed E-state index contributed by atoms with van der Waals surface area (Å²) in [5.41, 5.74) is 5.04. The number of aliphatic hydroxyl groups excluding tert-OH is 1. The number of anilines is 2. The molecule has 0 bridgehead atoms. The average molecular weight is 512 g/mol. The normalized spacial score (nSPS) is 13.0. The predicted molar refractivity (Wildman–Crippen MR) is 134 cm³/mol. The first kappa shape index (κ1) is 25.7. The van der Waals surface area contributed by atoms with Crippen LogP contribution in [0.15, 0.2) is 53.9 Å². The summed E-state index contributed by atoms with van der Waals surface area (Å²) in [6.07, 6.45) is -3.92. The summed E-state index contributed by atoms with van der Waals surface area (Å²) in [6.45, 7) is 3.36. The fourth-order valence-corrected chi connectivity index (χ4v) is 3.53. The molecule has 0 saturated carbocycles. The molecule has 3 heterocycles. The second-order valence-electron chi connectivity index (χ2n) is 8.32. The van der Waals surface area contributed by atoms with Gasteiger partial charge in [-0.2, -0.15) is 23.4 Å². The van der Waals surface area contributed by atoms with Gasteiger partial charge in [-0.15, -0.1) is 5.10 Å². The molecule has 10 nitrogen and oxygen atoms in total. The van der Waals surface area contributed by atoms with E-state index in [9.17, 15) is 18.3 Å². The van der Waals surface area contributed by atoms with Gasteiger partial charge < -0.3 is 21.3 Å². The molecule has 0 spiro atoms. The summed E-state index contributed by atoms with van der Waals surface area (Å²) in [6, 6.07) is 12.4. The molecule has 0 fully saturated rings. The molecule has 0 aliphatic heterocycles. The molecule has 0 aliphatic rings. The van der Waals surface area contributed by atoms with Crippen molar-refractivity contribution in [2.24, 2.45) is 5.10 Å². The van der Waals surface area contributed by atoms with Gasteiger partial charge >= 0.3 is 6.18 Å². The van der Waals surface area contributed by atoms with Gasteiger partial charge in [-0.1, -0.05) is 6.07 Å². The number of hydrogen-bond acceptors (Lipinski definition) is 9. The summed E-state index contributed by atoms with van der Waals surface area (Å²) in [5, 5.41) is 33.4. The van der Waals surface area contributed by atoms with E-state index >= 15 is 0 Å². The largest absolute Gasteiger partial charge is 0.407 e. The molecule has 13 heteroatoms. The zero-order valence-electron chi connectivity index (χ0n) is 20.2. The molecular formula is C24H24F3N9O. The van der Waals surface area contributed by atoms with Crippen LogP contribution in [-0.4, -0.2) is 54.0 Å². The smallest absolute Gasteiger partial charge is 0.389 e. The molecule has 3 aromatic heterocycles. The Kier molecular flexibility index (Phi) is 7.16. The number of halogens is 3. The fourth-order valence-electron chi connectivity index (χ4n) is 3.53. The van der Waals surface area contributed by atoms with Crippen molar-refractivity contribution in [1.82, 2.24) is 30.2 Å². The summed E-state index contributed by atoms with van der Waals surface area (Å²) in [4.78, 5) is 9.00. The lowest BCUT2D eigenvalue weighted by molar-refractivity contribution is -0.124. The molecule has 1 unspecified atom stereocenters. The predicted octanol–water partition coefficient (Wildman–Crippen LogP) is 4.21. The van der Waals surface area contributed by atoms with E-state index < -0.39 is 18.8 Å². The number of nitrogens with zero attached hydrogens (tertiary/aromatic N) is 6. The van der Waals surface area contributed by atoms with Crippen molar-refractivity contribution in [3.8, 4) is 5.82 Å². The van der Waals surface area contributed by atoms with Crippen molar-refractivity contribution in [3.05, 3.63) is 65.7 Å². The Bertz CT molecular complexity index is 1460. The van der Waals surface area contributed by atoms with Crippen LogP contribution in [0.4, 0.5) is 24.7 Å². The number of benzene rings is 1. The van der Waals surface area contributed by atoms with Crippen molar-refractivity contribution in [2.75, 3.05) is 11.9 Å². The van der Waals surface area contributed by atoms with Crippen LogP contribution in [0.25, 0.3) is 16.9 Å². The van der Waals surface area contributed by atoms with E-state index in [-0.39, 0.29) is 17.1 Å². The van der Waals surface area contributed by atoms with E-state index in [4.69, 9.17) is 5.41 Å². The monoisotopic (exact) mass is 511 g/mol. The third-order valence-electron chi connectivity index (χ3n) is 5.28. The maximum atomic E-state index is 12.6. The second kappa shape index (κ2) is 10.3. The molecule has 1 atom stereocenters. The van der Waals surface area contributed by atoms with Gasteiger partial charge in [0.05, 0.1) is 28.5 Å². The van der Waals surface area contributed by atoms with Crippen LogP contribution in [0, 0.1) is 12.3 Å². The number of pyridine rings is 1. The van der Waals surface area contributed by atoms with E-state index in [1.165, 1.54) is 13.8 Å². The average Bonchev–Trinajstić information content (AvgIpc) is 3.25. The number of hydrogen-bond donors (Lipinski definition) is 4. The first-order valence-electron chi connectivity index (χ1n) is 11.2. The van der Waals surface area contributed by atoms with Gasteiger partial charge in [0.25, 0.3) is 0 Å². The van der Waals surface area contributed by atoms with Crippen molar-refractivity contribution < 1.29 is 18.3 Å². The van der Waals surface area contributed by atoms with E-state index in [2.05, 4.69) is 30.6 Å². The number of imidazole rings is 1. The van der Waals surface area contributed by atoms with Crippen molar-refractivity contribution in [3.63, 3.8) is 0 Å². The number of alkyl halides is 3. The van der Waals surface area contributed by atoms with Crippen LogP contribution >= 0.6 is 0 Å². The highest BCUT2D eigenvalue weighted by Crippen LogP contribution is 2.25. The molecule has 0 radical (unpaired) electrons. The van der Waals surface area contributed by atoms with Gasteiger partial charge in [-0.3, -0.25) is 4.57 Å². The van der Waals surface area contributed by atoms with Crippen molar-refractivity contribution >= 4 is 34.0 Å². The first-order chi connectivity index (χ1) is 17.5. The minimum atomic E-state index is -4.48. The molecule has 37 heavy (non-hydrogen) atoms. The van der Waals surface area contributed by atoms with Crippen LogP contribution in [-0.2, 0) is 0 Å². The Balaban J connectivity index is 1.71. The van der Waals surface area contributed by atoms with Crippen LogP contribution in [0.5, 0.6) is 0 Å². The maximum absolute atomic E-state index is 12.6. The highest BCUT2D eigenvalue weighted by Gasteiger charge is 2.27. The number of fused-ring (bicyclic) bond motifs is 1. The molecule has 4 rings (SSSR count). The lowest BCUT2D eigenvalue weighted by Crippen LogP contribution is -2.28. The summed E-state index contributed by atoms with van der Waals surface area (Å²) < 4.78 is 39.6. The van der Waals surface area contributed by atoms with E-state index in [0.29, 0.717) is 28.2 Å². The van der Waals surface area contributed by atoms with Gasteiger partial charge in [0.1, 0.15) is 30.1 Å². The van der Waals surface area contributed by atoms with Gasteiger partial charge in [-0.05, 0) is 57.2 Å². The second-order valence-corrected chi connectivity index (χ2v) is 8.32. The quantitative estimate of drug-likeness (QED) is 0.205. The van der Waals surface area contributed by atoms with Crippen LogP contribution in [0.3, 0.4) is 0 Å². The Morgan fingerprint density at radius 3 is 2.59 bits per heavy atom. The van der Waals surface area contributed by atoms with Crippen molar-refractivity contribution in [1.29, 1.82) is 5.41 Å². The standard InChI is InChI=1S/C24H24F3N9O/c1-13-4-8-20(34-33-13)31-16-5-7-19-18(10-16)29-12-36(19)21-9-6-17(15(3)37)23(32-21)22(14(2)28)35-30-11-24(25,26)27/h4-10,12,15,28,30,37H,11H2,1-3H3,(H,31,34)/b28-14?,35-22+. The SMILES string of the molecule is CC(=N)/C(=N\NCC(F)(F)F)c1nc(-n2cnc3cc(Nc4ccc(C)nn4)ccc32)ccc1C(C)O. The summed E-state index contributed by atoms with van der Waals surface area (Å²) in [5.74, 6) is 0.967. The number of aromatic nitrogens is 5. The van der Waals surface area contributed by atoms with Crippen LogP contribution < -0.4 is 10.7 Å². The molecule has 192 valence electrons. The van der Waals surface area contributed by atoms with Gasteiger partial charge in [0.15, 0.2) is 5.82 Å². The Labute approximate surface area is 209 Å². The third kappa shape index (κ3) is 6.06. The Hall–Kier alpha value is -4.39. The van der Waals surface area contributed by atoms with Gasteiger partial charge in [0.2, 0.25) is 0 Å².